The number of ether oxygens (including phenoxy) is 1. The number of rotatable bonds is 3. The Morgan fingerprint density at radius 3 is 2.54 bits per heavy atom. The van der Waals surface area contributed by atoms with Crippen LogP contribution in [0.3, 0.4) is 0 Å². The van der Waals surface area contributed by atoms with Gasteiger partial charge in [0.05, 0.1) is 11.2 Å². The van der Waals surface area contributed by atoms with Gasteiger partial charge in [0.25, 0.3) is 5.91 Å². The quantitative estimate of drug-likeness (QED) is 0.891. The van der Waals surface area contributed by atoms with Crippen LogP contribution in [-0.4, -0.2) is 35.0 Å². The van der Waals surface area contributed by atoms with Crippen molar-refractivity contribution >= 4 is 17.6 Å². The molecule has 24 heavy (non-hydrogen) atoms. The van der Waals surface area contributed by atoms with Gasteiger partial charge in [0.15, 0.2) is 0 Å². The molecule has 6 nitrogen and oxygen atoms in total. The summed E-state index contributed by atoms with van der Waals surface area (Å²) in [5, 5.41) is 5.77. The third-order valence-corrected chi connectivity index (χ3v) is 3.98. The number of nitrogens with zero attached hydrogens (tertiary/aromatic N) is 1. The molecule has 0 aliphatic carbocycles. The molecule has 1 saturated heterocycles. The SMILES string of the molecule is CC1(C)C[C@@H](NC(=O)c2ccc(NC(=O)C(C)(C)C)nc2)CCO1. The van der Waals surface area contributed by atoms with Gasteiger partial charge in [-0.1, -0.05) is 20.8 Å². The normalized spacial score (nSPS) is 20.3. The number of carbonyl (C=O) groups is 2. The first-order chi connectivity index (χ1) is 11.1. The number of carbonyl (C=O) groups excluding carboxylic acids is 2. The Bertz CT molecular complexity index is 603. The summed E-state index contributed by atoms with van der Waals surface area (Å²) in [4.78, 5) is 28.4. The van der Waals surface area contributed by atoms with Gasteiger partial charge in [-0.2, -0.15) is 0 Å². The second-order valence-corrected chi connectivity index (χ2v) is 7.91. The van der Waals surface area contributed by atoms with Crippen molar-refractivity contribution in [3.63, 3.8) is 0 Å². The molecule has 1 fully saturated rings. The molecule has 1 atom stereocenters. The summed E-state index contributed by atoms with van der Waals surface area (Å²) in [6.45, 7) is 10.2. The lowest BCUT2D eigenvalue weighted by atomic mass is 9.94. The lowest BCUT2D eigenvalue weighted by molar-refractivity contribution is -0.123. The van der Waals surface area contributed by atoms with Crippen LogP contribution in [0.15, 0.2) is 18.3 Å². The number of nitrogens with one attached hydrogen (secondary N) is 2. The first kappa shape index (κ1) is 18.4. The molecule has 132 valence electrons. The van der Waals surface area contributed by atoms with Crippen LogP contribution in [0, 0.1) is 5.41 Å². The first-order valence-corrected chi connectivity index (χ1v) is 8.29. The minimum absolute atomic E-state index is 0.0986. The highest BCUT2D eigenvalue weighted by molar-refractivity contribution is 5.96. The maximum atomic E-state index is 12.3. The number of aromatic nitrogens is 1. The van der Waals surface area contributed by atoms with Gasteiger partial charge in [-0.05, 0) is 38.8 Å². The number of hydrogen-bond acceptors (Lipinski definition) is 4. The van der Waals surface area contributed by atoms with E-state index in [-0.39, 0.29) is 23.5 Å². The van der Waals surface area contributed by atoms with Gasteiger partial charge in [-0.15, -0.1) is 0 Å². The zero-order chi connectivity index (χ0) is 18.0. The minimum atomic E-state index is -0.492. The number of pyridine rings is 1. The smallest absolute Gasteiger partial charge is 0.253 e. The van der Waals surface area contributed by atoms with Crippen molar-refractivity contribution in [2.45, 2.75) is 59.1 Å². The summed E-state index contributed by atoms with van der Waals surface area (Å²) in [5.74, 6) is 0.175. The average molecular weight is 333 g/mol. The number of amides is 2. The van der Waals surface area contributed by atoms with E-state index in [4.69, 9.17) is 4.74 Å². The summed E-state index contributed by atoms with van der Waals surface area (Å²) in [6.07, 6.45) is 3.08. The zero-order valence-corrected chi connectivity index (χ0v) is 15.1. The predicted octanol–water partition coefficient (Wildman–Crippen LogP) is 2.75. The molecule has 0 unspecified atom stereocenters. The van der Waals surface area contributed by atoms with Crippen LogP contribution in [-0.2, 0) is 9.53 Å². The topological polar surface area (TPSA) is 80.3 Å². The molecule has 2 heterocycles. The van der Waals surface area contributed by atoms with E-state index in [0.29, 0.717) is 18.0 Å². The Morgan fingerprint density at radius 2 is 2.00 bits per heavy atom. The summed E-state index contributed by atoms with van der Waals surface area (Å²) < 4.78 is 5.66. The molecule has 1 aromatic rings. The van der Waals surface area contributed by atoms with E-state index < -0.39 is 5.41 Å². The van der Waals surface area contributed by atoms with Crippen LogP contribution < -0.4 is 10.6 Å². The molecule has 1 aromatic heterocycles. The Morgan fingerprint density at radius 1 is 1.29 bits per heavy atom. The van der Waals surface area contributed by atoms with Crippen molar-refractivity contribution in [1.82, 2.24) is 10.3 Å². The second kappa shape index (κ2) is 6.89. The van der Waals surface area contributed by atoms with Crippen molar-refractivity contribution in [2.24, 2.45) is 5.41 Å². The Labute approximate surface area is 143 Å². The van der Waals surface area contributed by atoms with Crippen molar-refractivity contribution in [2.75, 3.05) is 11.9 Å². The van der Waals surface area contributed by atoms with E-state index in [9.17, 15) is 9.59 Å². The van der Waals surface area contributed by atoms with E-state index in [1.807, 2.05) is 34.6 Å². The van der Waals surface area contributed by atoms with Crippen molar-refractivity contribution in [3.8, 4) is 0 Å². The molecule has 0 radical (unpaired) electrons. The van der Waals surface area contributed by atoms with Crippen LogP contribution in [0.5, 0.6) is 0 Å². The van der Waals surface area contributed by atoms with Gasteiger partial charge in [0, 0.05) is 24.3 Å². The van der Waals surface area contributed by atoms with Gasteiger partial charge < -0.3 is 15.4 Å². The molecule has 0 saturated carbocycles. The fourth-order valence-corrected chi connectivity index (χ4v) is 2.53. The summed E-state index contributed by atoms with van der Waals surface area (Å²) in [7, 11) is 0. The summed E-state index contributed by atoms with van der Waals surface area (Å²) in [6, 6.07) is 3.42. The van der Waals surface area contributed by atoms with Crippen LogP contribution in [0.4, 0.5) is 5.82 Å². The fourth-order valence-electron chi connectivity index (χ4n) is 2.53. The van der Waals surface area contributed by atoms with Crippen LogP contribution >= 0.6 is 0 Å². The molecule has 2 N–H and O–H groups in total. The fraction of sp³-hybridized carbons (Fsp3) is 0.611. The predicted molar refractivity (Wildman–Crippen MR) is 92.8 cm³/mol. The molecular formula is C18H27N3O3. The summed E-state index contributed by atoms with van der Waals surface area (Å²) >= 11 is 0. The van der Waals surface area contributed by atoms with Crippen LogP contribution in [0.1, 0.15) is 57.8 Å². The van der Waals surface area contributed by atoms with Gasteiger partial charge in [-0.25, -0.2) is 4.98 Å². The Kier molecular flexibility index (Phi) is 5.28. The molecule has 6 heteroatoms. The van der Waals surface area contributed by atoms with Gasteiger partial charge in [0.2, 0.25) is 5.91 Å². The van der Waals surface area contributed by atoms with E-state index in [2.05, 4.69) is 15.6 Å². The zero-order valence-electron chi connectivity index (χ0n) is 15.1. The minimum Gasteiger partial charge on any atom is -0.375 e. The van der Waals surface area contributed by atoms with Crippen molar-refractivity contribution < 1.29 is 14.3 Å². The van der Waals surface area contributed by atoms with E-state index in [1.54, 1.807) is 12.1 Å². The molecule has 2 amide bonds. The highest BCUT2D eigenvalue weighted by Gasteiger charge is 2.29. The maximum absolute atomic E-state index is 12.3. The molecule has 1 aliphatic rings. The Hall–Kier alpha value is -1.95. The molecule has 0 spiro atoms. The monoisotopic (exact) mass is 333 g/mol. The van der Waals surface area contributed by atoms with Crippen molar-refractivity contribution in [1.29, 1.82) is 0 Å². The Balaban J connectivity index is 1.95. The van der Waals surface area contributed by atoms with Gasteiger partial charge >= 0.3 is 0 Å². The summed E-state index contributed by atoms with van der Waals surface area (Å²) in [5.41, 5.74) is -0.226. The highest BCUT2D eigenvalue weighted by Crippen LogP contribution is 2.24. The second-order valence-electron chi connectivity index (χ2n) is 7.91. The van der Waals surface area contributed by atoms with Gasteiger partial charge in [0.1, 0.15) is 5.82 Å². The number of anilines is 1. The van der Waals surface area contributed by atoms with Crippen molar-refractivity contribution in [3.05, 3.63) is 23.9 Å². The maximum Gasteiger partial charge on any atom is 0.253 e. The van der Waals surface area contributed by atoms with E-state index in [0.717, 1.165) is 12.8 Å². The molecular weight excluding hydrogens is 306 g/mol. The lowest BCUT2D eigenvalue weighted by Gasteiger charge is -2.35. The van der Waals surface area contributed by atoms with Crippen LogP contribution in [0.2, 0.25) is 0 Å². The third-order valence-electron chi connectivity index (χ3n) is 3.98. The molecule has 2 rings (SSSR count). The van der Waals surface area contributed by atoms with Gasteiger partial charge in [-0.3, -0.25) is 9.59 Å². The first-order valence-electron chi connectivity index (χ1n) is 8.29. The standard InChI is InChI=1S/C18H27N3O3/c1-17(2,3)16(23)21-14-7-6-12(11-19-14)15(22)20-13-8-9-24-18(4,5)10-13/h6-7,11,13H,8-10H2,1-5H3,(H,20,22)(H,19,21,23)/t13-/m0/s1. The number of hydrogen-bond donors (Lipinski definition) is 2. The average Bonchev–Trinajstić information content (AvgIpc) is 2.45. The van der Waals surface area contributed by atoms with E-state index in [1.165, 1.54) is 6.20 Å². The molecule has 0 aromatic carbocycles. The molecule has 0 bridgehead atoms. The highest BCUT2D eigenvalue weighted by atomic mass is 16.5. The lowest BCUT2D eigenvalue weighted by Crippen LogP contribution is -2.45. The van der Waals surface area contributed by atoms with E-state index >= 15 is 0 Å². The molecule has 1 aliphatic heterocycles. The third kappa shape index (κ3) is 5.03. The largest absolute Gasteiger partial charge is 0.375 e. The van der Waals surface area contributed by atoms with Crippen LogP contribution in [0.25, 0.3) is 0 Å².